The monoisotopic (exact) mass is 293 g/mol. The van der Waals surface area contributed by atoms with Gasteiger partial charge in [-0.25, -0.2) is 9.78 Å². The van der Waals surface area contributed by atoms with Crippen LogP contribution in [-0.4, -0.2) is 29.8 Å². The molecule has 6 nitrogen and oxygen atoms in total. The zero-order valence-electron chi connectivity index (χ0n) is 10.9. The van der Waals surface area contributed by atoms with Gasteiger partial charge in [0.2, 0.25) is 0 Å². The first kappa shape index (κ1) is 14.3. The van der Waals surface area contributed by atoms with Crippen molar-refractivity contribution in [1.29, 1.82) is 0 Å². The largest absolute Gasteiger partial charge is 0.497 e. The van der Waals surface area contributed by atoms with Gasteiger partial charge in [0.1, 0.15) is 5.75 Å². The number of nitrogens with one attached hydrogen (secondary N) is 2. The molecule has 1 aromatic carbocycles. The highest BCUT2D eigenvalue weighted by Crippen LogP contribution is 2.17. The number of carbonyl (C=O) groups is 1. The standard InChI is InChI=1S/C13H15N3O3S/c1-19-10-4-2-9(3-5-10)11(17)8-15-12(18)16-13-14-6-7-20-13/h2-7,11,17H,8H2,1H3,(H2,14,15,16,18). The van der Waals surface area contributed by atoms with Crippen LogP contribution < -0.4 is 15.4 Å². The molecule has 2 rings (SSSR count). The minimum absolute atomic E-state index is 0.115. The summed E-state index contributed by atoms with van der Waals surface area (Å²) >= 11 is 1.33. The second-order valence-corrected chi connectivity index (χ2v) is 4.86. The molecule has 2 amide bonds. The summed E-state index contributed by atoms with van der Waals surface area (Å²) in [5, 5.41) is 17.4. The van der Waals surface area contributed by atoms with Crippen LogP contribution in [0.4, 0.5) is 9.93 Å². The highest BCUT2D eigenvalue weighted by atomic mass is 32.1. The molecule has 0 fully saturated rings. The van der Waals surface area contributed by atoms with E-state index in [2.05, 4.69) is 15.6 Å². The first-order valence-corrected chi connectivity index (χ1v) is 6.83. The van der Waals surface area contributed by atoms with E-state index in [0.717, 1.165) is 5.75 Å². The average molecular weight is 293 g/mol. The fourth-order valence-corrected chi connectivity index (χ4v) is 2.08. The molecule has 1 unspecified atom stereocenters. The number of hydrogen-bond acceptors (Lipinski definition) is 5. The molecule has 0 radical (unpaired) electrons. The lowest BCUT2D eigenvalue weighted by molar-refractivity contribution is 0.175. The minimum atomic E-state index is -0.775. The van der Waals surface area contributed by atoms with E-state index in [1.54, 1.807) is 43.0 Å². The Morgan fingerprint density at radius 3 is 2.80 bits per heavy atom. The molecule has 0 spiro atoms. The van der Waals surface area contributed by atoms with E-state index < -0.39 is 12.1 Å². The molecule has 3 N–H and O–H groups in total. The van der Waals surface area contributed by atoms with Crippen LogP contribution in [0.15, 0.2) is 35.8 Å². The summed E-state index contributed by atoms with van der Waals surface area (Å²) in [4.78, 5) is 15.5. The fourth-order valence-electron chi connectivity index (χ4n) is 1.56. The Hall–Kier alpha value is -2.12. The molecule has 0 aliphatic heterocycles. The molecule has 1 atom stereocenters. The number of carbonyl (C=O) groups excluding carboxylic acids is 1. The quantitative estimate of drug-likeness (QED) is 0.787. The van der Waals surface area contributed by atoms with Crippen molar-refractivity contribution in [3.8, 4) is 5.75 Å². The van der Waals surface area contributed by atoms with Crippen LogP contribution in [0.1, 0.15) is 11.7 Å². The Labute approximate surface area is 120 Å². The van der Waals surface area contributed by atoms with Crippen molar-refractivity contribution in [2.24, 2.45) is 0 Å². The van der Waals surface area contributed by atoms with Crippen LogP contribution in [0, 0.1) is 0 Å². The molecule has 7 heteroatoms. The maximum Gasteiger partial charge on any atom is 0.321 e. The van der Waals surface area contributed by atoms with E-state index in [4.69, 9.17) is 4.74 Å². The molecule has 106 valence electrons. The predicted octanol–water partition coefficient (Wildman–Crippen LogP) is 2.01. The van der Waals surface area contributed by atoms with Gasteiger partial charge >= 0.3 is 6.03 Å². The summed E-state index contributed by atoms with van der Waals surface area (Å²) in [6, 6.07) is 6.63. The van der Waals surface area contributed by atoms with E-state index in [0.29, 0.717) is 10.7 Å². The Balaban J connectivity index is 1.81. The van der Waals surface area contributed by atoms with Gasteiger partial charge in [0.05, 0.1) is 13.2 Å². The molecule has 2 aromatic rings. The summed E-state index contributed by atoms with van der Waals surface area (Å²) in [6.07, 6.45) is 0.829. The van der Waals surface area contributed by atoms with E-state index in [1.165, 1.54) is 11.3 Å². The zero-order chi connectivity index (χ0) is 14.4. The van der Waals surface area contributed by atoms with Crippen LogP contribution >= 0.6 is 11.3 Å². The molecule has 0 aliphatic carbocycles. The fraction of sp³-hybridized carbons (Fsp3) is 0.231. The molecule has 0 bridgehead atoms. The molecule has 0 saturated carbocycles. The van der Waals surface area contributed by atoms with Gasteiger partial charge in [-0.2, -0.15) is 0 Å². The van der Waals surface area contributed by atoms with Crippen LogP contribution in [0.5, 0.6) is 5.75 Å². The number of urea groups is 1. The van der Waals surface area contributed by atoms with Gasteiger partial charge in [-0.1, -0.05) is 12.1 Å². The highest BCUT2D eigenvalue weighted by Gasteiger charge is 2.10. The van der Waals surface area contributed by atoms with Crippen molar-refractivity contribution in [2.75, 3.05) is 19.0 Å². The van der Waals surface area contributed by atoms with E-state index in [1.807, 2.05) is 0 Å². The summed E-state index contributed by atoms with van der Waals surface area (Å²) in [5.41, 5.74) is 0.709. The maximum absolute atomic E-state index is 11.6. The number of aliphatic hydroxyl groups is 1. The second kappa shape index (κ2) is 6.88. The highest BCUT2D eigenvalue weighted by molar-refractivity contribution is 7.13. The Kier molecular flexibility index (Phi) is 4.91. The lowest BCUT2D eigenvalue weighted by Gasteiger charge is -2.12. The number of ether oxygens (including phenoxy) is 1. The topological polar surface area (TPSA) is 83.5 Å². The first-order valence-electron chi connectivity index (χ1n) is 5.95. The predicted molar refractivity (Wildman–Crippen MR) is 77.1 cm³/mol. The van der Waals surface area contributed by atoms with Gasteiger partial charge in [0.15, 0.2) is 5.13 Å². The third kappa shape index (κ3) is 3.94. The SMILES string of the molecule is COc1ccc(C(O)CNC(=O)Nc2nccs2)cc1. The molecular weight excluding hydrogens is 278 g/mol. The van der Waals surface area contributed by atoms with Crippen molar-refractivity contribution in [3.63, 3.8) is 0 Å². The van der Waals surface area contributed by atoms with Gasteiger partial charge in [-0.05, 0) is 17.7 Å². The van der Waals surface area contributed by atoms with Crippen LogP contribution in [0.25, 0.3) is 0 Å². The lowest BCUT2D eigenvalue weighted by Crippen LogP contribution is -2.32. The number of benzene rings is 1. The van der Waals surface area contributed by atoms with Crippen molar-refractivity contribution in [3.05, 3.63) is 41.4 Å². The van der Waals surface area contributed by atoms with Gasteiger partial charge in [0, 0.05) is 18.1 Å². The Morgan fingerprint density at radius 1 is 1.45 bits per heavy atom. The van der Waals surface area contributed by atoms with E-state index in [9.17, 15) is 9.90 Å². The Morgan fingerprint density at radius 2 is 2.20 bits per heavy atom. The number of aromatic nitrogens is 1. The van der Waals surface area contributed by atoms with Crippen LogP contribution in [0.3, 0.4) is 0 Å². The summed E-state index contributed by atoms with van der Waals surface area (Å²) in [5.74, 6) is 0.718. The number of methoxy groups -OCH3 is 1. The minimum Gasteiger partial charge on any atom is -0.497 e. The van der Waals surface area contributed by atoms with Crippen molar-refractivity contribution >= 4 is 22.5 Å². The zero-order valence-corrected chi connectivity index (χ0v) is 11.7. The van der Waals surface area contributed by atoms with Crippen molar-refractivity contribution in [1.82, 2.24) is 10.3 Å². The third-order valence-corrected chi connectivity index (χ3v) is 3.30. The van der Waals surface area contributed by atoms with Gasteiger partial charge in [0.25, 0.3) is 0 Å². The number of aliphatic hydroxyl groups excluding tert-OH is 1. The lowest BCUT2D eigenvalue weighted by atomic mass is 10.1. The number of anilines is 1. The number of rotatable bonds is 5. The number of nitrogens with zero attached hydrogens (tertiary/aromatic N) is 1. The maximum atomic E-state index is 11.6. The molecule has 20 heavy (non-hydrogen) atoms. The summed E-state index contributed by atoms with van der Waals surface area (Å²) < 4.78 is 5.04. The van der Waals surface area contributed by atoms with Gasteiger partial charge in [-0.15, -0.1) is 11.3 Å². The summed E-state index contributed by atoms with van der Waals surface area (Å²) in [7, 11) is 1.58. The normalized spacial score (nSPS) is 11.7. The molecule has 1 aromatic heterocycles. The molecular formula is C13H15N3O3S. The van der Waals surface area contributed by atoms with Gasteiger partial charge < -0.3 is 15.2 Å². The third-order valence-electron chi connectivity index (χ3n) is 2.61. The summed E-state index contributed by atoms with van der Waals surface area (Å²) in [6.45, 7) is 0.115. The second-order valence-electron chi connectivity index (χ2n) is 3.96. The van der Waals surface area contributed by atoms with Crippen molar-refractivity contribution < 1.29 is 14.6 Å². The van der Waals surface area contributed by atoms with Crippen LogP contribution in [-0.2, 0) is 0 Å². The van der Waals surface area contributed by atoms with E-state index >= 15 is 0 Å². The van der Waals surface area contributed by atoms with Crippen LogP contribution in [0.2, 0.25) is 0 Å². The molecule has 0 aliphatic rings. The number of amides is 2. The van der Waals surface area contributed by atoms with Gasteiger partial charge in [-0.3, -0.25) is 5.32 Å². The molecule has 1 heterocycles. The average Bonchev–Trinajstić information content (AvgIpc) is 2.97. The first-order chi connectivity index (χ1) is 9.69. The Bertz CT molecular complexity index is 542. The number of hydrogen-bond donors (Lipinski definition) is 3. The van der Waals surface area contributed by atoms with Crippen molar-refractivity contribution in [2.45, 2.75) is 6.10 Å². The number of thiazole rings is 1. The smallest absolute Gasteiger partial charge is 0.321 e. The molecule has 0 saturated heterocycles. The van der Waals surface area contributed by atoms with E-state index in [-0.39, 0.29) is 6.54 Å².